The molecule has 1 aliphatic carbocycles. The Bertz CT molecular complexity index is 184. The lowest BCUT2D eigenvalue weighted by Crippen LogP contribution is -2.50. The van der Waals surface area contributed by atoms with E-state index < -0.39 is 0 Å². The molecule has 1 fully saturated rings. The average Bonchev–Trinajstić information content (AvgIpc) is 2.01. The monoisotopic (exact) mass is 216 g/mol. The Labute approximate surface area is 91.6 Å². The second-order valence-corrected chi connectivity index (χ2v) is 4.66. The van der Waals surface area contributed by atoms with E-state index in [1.165, 1.54) is 12.8 Å². The summed E-state index contributed by atoms with van der Waals surface area (Å²) < 4.78 is 5.02. The lowest BCUT2D eigenvalue weighted by molar-refractivity contribution is 0.178. The Morgan fingerprint density at radius 1 is 1.57 bits per heavy atom. The van der Waals surface area contributed by atoms with Gasteiger partial charge in [-0.1, -0.05) is 6.92 Å². The van der Waals surface area contributed by atoms with Gasteiger partial charge in [-0.3, -0.25) is 0 Å². The fraction of sp³-hybridized carbons (Fsp3) is 0.900. The molecule has 0 aromatic rings. The van der Waals surface area contributed by atoms with E-state index >= 15 is 0 Å². The summed E-state index contributed by atoms with van der Waals surface area (Å²) >= 11 is 5.18. The van der Waals surface area contributed by atoms with Crippen molar-refractivity contribution in [1.82, 2.24) is 10.6 Å². The molecule has 1 aliphatic rings. The first-order valence-corrected chi connectivity index (χ1v) is 5.58. The summed E-state index contributed by atoms with van der Waals surface area (Å²) in [7, 11) is 1.70. The van der Waals surface area contributed by atoms with E-state index in [1.54, 1.807) is 7.11 Å². The minimum absolute atomic E-state index is 0.275. The summed E-state index contributed by atoms with van der Waals surface area (Å²) in [5, 5.41) is 7.25. The van der Waals surface area contributed by atoms with Gasteiger partial charge in [0.15, 0.2) is 5.11 Å². The quantitative estimate of drug-likeness (QED) is 0.694. The summed E-state index contributed by atoms with van der Waals surface area (Å²) in [6.07, 6.45) is 2.47. The minimum Gasteiger partial charge on any atom is -0.383 e. The maximum absolute atomic E-state index is 5.18. The van der Waals surface area contributed by atoms with Crippen LogP contribution < -0.4 is 10.6 Å². The topological polar surface area (TPSA) is 33.3 Å². The van der Waals surface area contributed by atoms with Crippen molar-refractivity contribution in [1.29, 1.82) is 0 Å². The normalized spacial score (nSPS) is 27.6. The van der Waals surface area contributed by atoms with Gasteiger partial charge < -0.3 is 15.4 Å². The Balaban J connectivity index is 2.09. The Morgan fingerprint density at radius 3 is 2.71 bits per heavy atom. The van der Waals surface area contributed by atoms with E-state index in [1.807, 2.05) is 0 Å². The molecule has 14 heavy (non-hydrogen) atoms. The van der Waals surface area contributed by atoms with Crippen LogP contribution in [0.25, 0.3) is 0 Å². The lowest BCUT2D eigenvalue weighted by Gasteiger charge is -2.34. The van der Waals surface area contributed by atoms with Crippen LogP contribution in [0.1, 0.15) is 26.7 Å². The summed E-state index contributed by atoms with van der Waals surface area (Å²) in [4.78, 5) is 0. The third-order valence-electron chi connectivity index (χ3n) is 2.50. The molecule has 1 saturated carbocycles. The van der Waals surface area contributed by atoms with Crippen LogP contribution in [0, 0.1) is 5.92 Å². The molecular weight excluding hydrogens is 196 g/mol. The molecule has 0 aromatic carbocycles. The van der Waals surface area contributed by atoms with Gasteiger partial charge in [-0.25, -0.2) is 0 Å². The highest BCUT2D eigenvalue weighted by atomic mass is 32.1. The summed E-state index contributed by atoms with van der Waals surface area (Å²) in [5.41, 5.74) is 0. The van der Waals surface area contributed by atoms with Gasteiger partial charge in [0.2, 0.25) is 0 Å². The average molecular weight is 216 g/mol. The molecule has 4 heteroatoms. The van der Waals surface area contributed by atoms with Crippen LogP contribution in [0.3, 0.4) is 0 Å². The maximum Gasteiger partial charge on any atom is 0.166 e. The number of ether oxygens (including phenoxy) is 1. The predicted octanol–water partition coefficient (Wildman–Crippen LogP) is 1.28. The largest absolute Gasteiger partial charge is 0.383 e. The molecule has 0 amide bonds. The zero-order valence-corrected chi connectivity index (χ0v) is 9.99. The smallest absolute Gasteiger partial charge is 0.166 e. The molecule has 0 saturated heterocycles. The second kappa shape index (κ2) is 5.51. The number of thiocarbonyl (C=S) groups is 1. The molecule has 0 radical (unpaired) electrons. The second-order valence-electron chi connectivity index (χ2n) is 4.25. The van der Waals surface area contributed by atoms with Gasteiger partial charge in [-0.05, 0) is 37.9 Å². The molecule has 0 heterocycles. The highest BCUT2D eigenvalue weighted by Gasteiger charge is 2.25. The number of rotatable bonds is 4. The van der Waals surface area contributed by atoms with Gasteiger partial charge in [-0.15, -0.1) is 0 Å². The molecule has 1 rings (SSSR count). The first-order chi connectivity index (χ1) is 6.61. The van der Waals surface area contributed by atoms with Crippen molar-refractivity contribution in [2.24, 2.45) is 5.92 Å². The van der Waals surface area contributed by atoms with Gasteiger partial charge in [0.1, 0.15) is 0 Å². The fourth-order valence-electron chi connectivity index (χ4n) is 1.76. The van der Waals surface area contributed by atoms with Crippen molar-refractivity contribution in [2.75, 3.05) is 13.7 Å². The zero-order valence-electron chi connectivity index (χ0n) is 9.17. The molecule has 0 aromatic heterocycles. The highest BCUT2D eigenvalue weighted by molar-refractivity contribution is 7.80. The van der Waals surface area contributed by atoms with Gasteiger partial charge >= 0.3 is 0 Å². The number of nitrogens with one attached hydrogen (secondary N) is 2. The van der Waals surface area contributed by atoms with E-state index in [0.717, 1.165) is 11.0 Å². The molecule has 0 bridgehead atoms. The van der Waals surface area contributed by atoms with Gasteiger partial charge in [0.25, 0.3) is 0 Å². The molecular formula is C10H20N2OS. The molecule has 1 unspecified atom stereocenters. The van der Waals surface area contributed by atoms with Crippen LogP contribution >= 0.6 is 12.2 Å². The number of methoxy groups -OCH3 is 1. The van der Waals surface area contributed by atoms with Crippen LogP contribution in [0.4, 0.5) is 0 Å². The van der Waals surface area contributed by atoms with Crippen molar-refractivity contribution in [3.05, 3.63) is 0 Å². The van der Waals surface area contributed by atoms with Crippen molar-refractivity contribution in [2.45, 2.75) is 38.8 Å². The van der Waals surface area contributed by atoms with Gasteiger partial charge in [0.05, 0.1) is 6.61 Å². The molecule has 82 valence electrons. The van der Waals surface area contributed by atoms with Crippen molar-refractivity contribution < 1.29 is 4.74 Å². The van der Waals surface area contributed by atoms with Gasteiger partial charge in [-0.2, -0.15) is 0 Å². The maximum atomic E-state index is 5.18. The lowest BCUT2D eigenvalue weighted by atomic mass is 9.82. The summed E-state index contributed by atoms with van der Waals surface area (Å²) in [6, 6.07) is 0.859. The predicted molar refractivity (Wildman–Crippen MR) is 62.4 cm³/mol. The number of hydrogen-bond donors (Lipinski definition) is 2. The first-order valence-electron chi connectivity index (χ1n) is 5.17. The Hall–Kier alpha value is -0.350. The van der Waals surface area contributed by atoms with Crippen LogP contribution in [0.15, 0.2) is 0 Å². The van der Waals surface area contributed by atoms with E-state index in [4.69, 9.17) is 17.0 Å². The van der Waals surface area contributed by atoms with Crippen molar-refractivity contribution >= 4 is 17.3 Å². The summed E-state index contributed by atoms with van der Waals surface area (Å²) in [6.45, 7) is 5.01. The third kappa shape index (κ3) is 3.80. The number of hydrogen-bond acceptors (Lipinski definition) is 2. The van der Waals surface area contributed by atoms with Crippen molar-refractivity contribution in [3.8, 4) is 0 Å². The molecule has 0 aliphatic heterocycles. The Morgan fingerprint density at radius 2 is 2.21 bits per heavy atom. The molecule has 1 atom stereocenters. The zero-order chi connectivity index (χ0) is 10.6. The van der Waals surface area contributed by atoms with Crippen molar-refractivity contribution in [3.63, 3.8) is 0 Å². The minimum atomic E-state index is 0.275. The molecule has 0 spiro atoms. The van der Waals surface area contributed by atoms with E-state index in [-0.39, 0.29) is 6.04 Å². The fourth-order valence-corrected chi connectivity index (χ4v) is 2.13. The SMILES string of the molecule is COCC(C)NC(=S)NC1CC(C)C1. The molecule has 3 nitrogen and oxygen atoms in total. The first kappa shape index (κ1) is 11.7. The van der Waals surface area contributed by atoms with E-state index in [2.05, 4.69) is 24.5 Å². The highest BCUT2D eigenvalue weighted by Crippen LogP contribution is 2.25. The summed E-state index contributed by atoms with van der Waals surface area (Å²) in [5.74, 6) is 0.853. The van der Waals surface area contributed by atoms with Crippen LogP contribution in [0.2, 0.25) is 0 Å². The van der Waals surface area contributed by atoms with Crippen LogP contribution in [0.5, 0.6) is 0 Å². The van der Waals surface area contributed by atoms with E-state index in [0.29, 0.717) is 12.6 Å². The third-order valence-corrected chi connectivity index (χ3v) is 2.74. The molecule has 2 N–H and O–H groups in total. The standard InChI is InChI=1S/C10H20N2OS/c1-7-4-9(5-7)12-10(14)11-8(2)6-13-3/h7-9H,4-6H2,1-3H3,(H2,11,12,14). The Kier molecular flexibility index (Phi) is 4.62. The van der Waals surface area contributed by atoms with E-state index in [9.17, 15) is 0 Å². The van der Waals surface area contributed by atoms with Crippen LogP contribution in [-0.4, -0.2) is 30.9 Å². The van der Waals surface area contributed by atoms with Gasteiger partial charge in [0, 0.05) is 19.2 Å². The van der Waals surface area contributed by atoms with Crippen LogP contribution in [-0.2, 0) is 4.74 Å².